The molecule has 1 aromatic carbocycles. The Morgan fingerprint density at radius 1 is 1.15 bits per heavy atom. The maximum absolute atomic E-state index is 11.9. The van der Waals surface area contributed by atoms with E-state index in [2.05, 4.69) is 0 Å². The summed E-state index contributed by atoms with van der Waals surface area (Å²) in [4.78, 5) is 11.5. The summed E-state index contributed by atoms with van der Waals surface area (Å²) in [5.41, 5.74) is 0. The van der Waals surface area contributed by atoms with Gasteiger partial charge in [-0.15, -0.1) is 0 Å². The average Bonchev–Trinajstić information content (AvgIpc) is 2.45. The number of ether oxygens (including phenoxy) is 1. The van der Waals surface area contributed by atoms with Crippen molar-refractivity contribution in [1.29, 1.82) is 0 Å². The molecule has 0 radical (unpaired) electrons. The van der Waals surface area contributed by atoms with E-state index in [1.54, 1.807) is 0 Å². The van der Waals surface area contributed by atoms with Crippen molar-refractivity contribution in [3.63, 3.8) is 0 Å². The van der Waals surface area contributed by atoms with Crippen LogP contribution in [0, 0.1) is 0 Å². The van der Waals surface area contributed by atoms with Gasteiger partial charge < -0.3 is 4.74 Å². The number of rotatable bonds is 9. The predicted octanol–water partition coefficient (Wildman–Crippen LogP) is 2.55. The van der Waals surface area contributed by atoms with E-state index in [1.165, 1.54) is 31.4 Å². The maximum atomic E-state index is 11.9. The SMILES string of the molecule is CCCCCC(=O)COS(=O)(=O)c1ccc(OC)cc1. The molecular weight excluding hydrogens is 280 g/mol. The first-order valence-corrected chi connectivity index (χ1v) is 7.95. The fourth-order valence-electron chi connectivity index (χ4n) is 1.60. The molecular formula is C14H20O5S. The van der Waals surface area contributed by atoms with Crippen LogP contribution >= 0.6 is 0 Å². The van der Waals surface area contributed by atoms with Gasteiger partial charge in [0.15, 0.2) is 5.78 Å². The molecule has 0 unspecified atom stereocenters. The number of ketones is 1. The lowest BCUT2D eigenvalue weighted by Gasteiger charge is -2.06. The zero-order valence-electron chi connectivity index (χ0n) is 11.8. The number of unbranched alkanes of at least 4 members (excludes halogenated alkanes) is 2. The highest BCUT2D eigenvalue weighted by molar-refractivity contribution is 7.86. The van der Waals surface area contributed by atoms with Gasteiger partial charge in [-0.25, -0.2) is 0 Å². The molecule has 5 nitrogen and oxygen atoms in total. The molecule has 1 aromatic rings. The van der Waals surface area contributed by atoms with Crippen LogP contribution < -0.4 is 4.74 Å². The summed E-state index contributed by atoms with van der Waals surface area (Å²) in [6, 6.07) is 5.82. The molecule has 0 aliphatic rings. The molecule has 0 amide bonds. The van der Waals surface area contributed by atoms with Crippen LogP contribution in [-0.2, 0) is 19.1 Å². The highest BCUT2D eigenvalue weighted by Gasteiger charge is 2.17. The quantitative estimate of drug-likeness (QED) is 0.518. The zero-order valence-corrected chi connectivity index (χ0v) is 12.6. The van der Waals surface area contributed by atoms with Crippen molar-refractivity contribution in [2.75, 3.05) is 13.7 Å². The standard InChI is InChI=1S/C14H20O5S/c1-3-4-5-6-12(15)11-19-20(16,17)14-9-7-13(18-2)8-10-14/h7-10H,3-6,11H2,1-2H3. The minimum absolute atomic E-state index is 0.0136. The first kappa shape index (κ1) is 16.7. The molecule has 0 saturated carbocycles. The lowest BCUT2D eigenvalue weighted by Crippen LogP contribution is -2.14. The summed E-state index contributed by atoms with van der Waals surface area (Å²) in [6.07, 6.45) is 3.09. The fraction of sp³-hybridized carbons (Fsp3) is 0.500. The summed E-state index contributed by atoms with van der Waals surface area (Å²) in [5.74, 6) is 0.357. The summed E-state index contributed by atoms with van der Waals surface area (Å²) in [5, 5.41) is 0. The summed E-state index contributed by atoms with van der Waals surface area (Å²) < 4.78 is 33.4. The second-order valence-corrected chi connectivity index (χ2v) is 6.00. The van der Waals surface area contributed by atoms with Crippen molar-refractivity contribution in [3.8, 4) is 5.75 Å². The Morgan fingerprint density at radius 2 is 1.80 bits per heavy atom. The molecule has 0 spiro atoms. The van der Waals surface area contributed by atoms with Crippen molar-refractivity contribution in [1.82, 2.24) is 0 Å². The third-order valence-corrected chi connectivity index (χ3v) is 4.06. The van der Waals surface area contributed by atoms with Crippen LogP contribution in [0.4, 0.5) is 0 Å². The summed E-state index contributed by atoms with van der Waals surface area (Å²) in [7, 11) is -2.39. The van der Waals surface area contributed by atoms with Crippen LogP contribution in [0.25, 0.3) is 0 Å². The van der Waals surface area contributed by atoms with Crippen LogP contribution in [0.5, 0.6) is 5.75 Å². The molecule has 112 valence electrons. The van der Waals surface area contributed by atoms with Gasteiger partial charge in [0, 0.05) is 6.42 Å². The van der Waals surface area contributed by atoms with Crippen molar-refractivity contribution >= 4 is 15.9 Å². The monoisotopic (exact) mass is 300 g/mol. The maximum Gasteiger partial charge on any atom is 0.297 e. The van der Waals surface area contributed by atoms with E-state index in [0.717, 1.165) is 19.3 Å². The minimum atomic E-state index is -3.89. The molecule has 0 fully saturated rings. The van der Waals surface area contributed by atoms with E-state index in [9.17, 15) is 13.2 Å². The van der Waals surface area contributed by atoms with E-state index in [1.807, 2.05) is 6.92 Å². The van der Waals surface area contributed by atoms with Crippen molar-refractivity contribution in [2.45, 2.75) is 37.5 Å². The van der Waals surface area contributed by atoms with E-state index in [0.29, 0.717) is 12.2 Å². The molecule has 6 heteroatoms. The highest BCUT2D eigenvalue weighted by Crippen LogP contribution is 2.17. The van der Waals surface area contributed by atoms with Gasteiger partial charge in [0.1, 0.15) is 12.4 Å². The van der Waals surface area contributed by atoms with Crippen LogP contribution in [0.1, 0.15) is 32.6 Å². The van der Waals surface area contributed by atoms with Gasteiger partial charge in [-0.05, 0) is 30.7 Å². The molecule has 0 bridgehead atoms. The number of hydrogen-bond donors (Lipinski definition) is 0. The van der Waals surface area contributed by atoms with Crippen molar-refractivity contribution in [2.24, 2.45) is 0 Å². The molecule has 1 rings (SSSR count). The first-order valence-electron chi connectivity index (χ1n) is 6.54. The highest BCUT2D eigenvalue weighted by atomic mass is 32.2. The molecule has 0 aliphatic carbocycles. The van der Waals surface area contributed by atoms with Crippen molar-refractivity contribution in [3.05, 3.63) is 24.3 Å². The average molecular weight is 300 g/mol. The Balaban J connectivity index is 2.54. The summed E-state index contributed by atoms with van der Waals surface area (Å²) >= 11 is 0. The Morgan fingerprint density at radius 3 is 2.35 bits per heavy atom. The van der Waals surface area contributed by atoms with E-state index in [4.69, 9.17) is 8.92 Å². The van der Waals surface area contributed by atoms with E-state index >= 15 is 0 Å². The molecule has 0 atom stereocenters. The van der Waals surface area contributed by atoms with Gasteiger partial charge in [-0.3, -0.25) is 8.98 Å². The zero-order chi connectivity index (χ0) is 15.0. The summed E-state index contributed by atoms with van der Waals surface area (Å²) in [6.45, 7) is 1.63. The Hall–Kier alpha value is -1.40. The Bertz CT molecular complexity index is 519. The third-order valence-electron chi connectivity index (χ3n) is 2.78. The second kappa shape index (κ2) is 8.01. The van der Waals surface area contributed by atoms with Crippen molar-refractivity contribution < 1.29 is 22.1 Å². The molecule has 0 N–H and O–H groups in total. The molecule has 0 aliphatic heterocycles. The van der Waals surface area contributed by atoms with Gasteiger partial charge in [0.2, 0.25) is 0 Å². The molecule has 0 saturated heterocycles. The Labute approximate surface area is 120 Å². The number of benzene rings is 1. The van der Waals surface area contributed by atoms with Gasteiger partial charge in [-0.2, -0.15) is 8.42 Å². The normalized spacial score (nSPS) is 11.3. The lowest BCUT2D eigenvalue weighted by atomic mass is 10.1. The van der Waals surface area contributed by atoms with Crippen LogP contribution in [0.3, 0.4) is 0 Å². The largest absolute Gasteiger partial charge is 0.497 e. The fourth-order valence-corrected chi connectivity index (χ4v) is 2.49. The number of methoxy groups -OCH3 is 1. The molecule has 0 heterocycles. The smallest absolute Gasteiger partial charge is 0.297 e. The first-order chi connectivity index (χ1) is 9.49. The van der Waals surface area contributed by atoms with Gasteiger partial charge in [0.05, 0.1) is 12.0 Å². The lowest BCUT2D eigenvalue weighted by molar-refractivity contribution is -0.121. The third kappa shape index (κ3) is 5.30. The number of Topliss-reactive ketones (excluding diaryl/α,β-unsaturated/α-hetero) is 1. The number of carbonyl (C=O) groups is 1. The van der Waals surface area contributed by atoms with E-state index < -0.39 is 16.7 Å². The van der Waals surface area contributed by atoms with Crippen LogP contribution in [0.2, 0.25) is 0 Å². The topological polar surface area (TPSA) is 69.7 Å². The number of carbonyl (C=O) groups excluding carboxylic acids is 1. The van der Waals surface area contributed by atoms with E-state index in [-0.39, 0.29) is 10.7 Å². The molecule has 20 heavy (non-hydrogen) atoms. The minimum Gasteiger partial charge on any atom is -0.497 e. The predicted molar refractivity (Wildman–Crippen MR) is 75.3 cm³/mol. The van der Waals surface area contributed by atoms with Crippen LogP contribution in [0.15, 0.2) is 29.2 Å². The number of hydrogen-bond acceptors (Lipinski definition) is 5. The van der Waals surface area contributed by atoms with Crippen LogP contribution in [-0.4, -0.2) is 27.9 Å². The van der Waals surface area contributed by atoms with Gasteiger partial charge in [0.25, 0.3) is 10.1 Å². The van der Waals surface area contributed by atoms with Gasteiger partial charge >= 0.3 is 0 Å². The van der Waals surface area contributed by atoms with Gasteiger partial charge in [-0.1, -0.05) is 19.8 Å². The Kier molecular flexibility index (Phi) is 6.67. The molecule has 0 aromatic heterocycles. The second-order valence-electron chi connectivity index (χ2n) is 4.39.